The SMILES string of the molecule is Cc1cccc(C(=O)N[C@H](CO)Cc2ccc(O)cc2)n1. The Kier molecular flexibility index (Phi) is 4.90. The van der Waals surface area contributed by atoms with Crippen LogP contribution in [0.3, 0.4) is 0 Å². The fourth-order valence-electron chi connectivity index (χ4n) is 2.01. The van der Waals surface area contributed by atoms with E-state index in [2.05, 4.69) is 10.3 Å². The van der Waals surface area contributed by atoms with Gasteiger partial charge in [-0.15, -0.1) is 0 Å². The lowest BCUT2D eigenvalue weighted by atomic mass is 10.1. The molecule has 0 bridgehead atoms. The Balaban J connectivity index is 2.01. The van der Waals surface area contributed by atoms with E-state index in [1.165, 1.54) is 0 Å². The van der Waals surface area contributed by atoms with Crippen molar-refractivity contribution in [1.82, 2.24) is 10.3 Å². The van der Waals surface area contributed by atoms with Crippen LogP contribution in [0.15, 0.2) is 42.5 Å². The Labute approximate surface area is 123 Å². The monoisotopic (exact) mass is 286 g/mol. The van der Waals surface area contributed by atoms with Crippen molar-refractivity contribution in [3.8, 4) is 5.75 Å². The molecule has 3 N–H and O–H groups in total. The van der Waals surface area contributed by atoms with Gasteiger partial charge in [0.05, 0.1) is 12.6 Å². The maximum Gasteiger partial charge on any atom is 0.270 e. The molecule has 5 nitrogen and oxygen atoms in total. The minimum absolute atomic E-state index is 0.168. The lowest BCUT2D eigenvalue weighted by molar-refractivity contribution is 0.0911. The molecule has 0 spiro atoms. The molecule has 0 aliphatic rings. The molecule has 0 aliphatic carbocycles. The van der Waals surface area contributed by atoms with E-state index in [-0.39, 0.29) is 18.3 Å². The smallest absolute Gasteiger partial charge is 0.270 e. The molecule has 1 aromatic carbocycles. The van der Waals surface area contributed by atoms with Crippen LogP contribution in [0.25, 0.3) is 0 Å². The van der Waals surface area contributed by atoms with Crippen LogP contribution in [0, 0.1) is 6.92 Å². The number of nitrogens with zero attached hydrogens (tertiary/aromatic N) is 1. The predicted octanol–water partition coefficient (Wildman–Crippen LogP) is 1.43. The van der Waals surface area contributed by atoms with Crippen molar-refractivity contribution in [3.63, 3.8) is 0 Å². The summed E-state index contributed by atoms with van der Waals surface area (Å²) in [6.45, 7) is 1.65. The van der Waals surface area contributed by atoms with Crippen molar-refractivity contribution in [1.29, 1.82) is 0 Å². The Hall–Kier alpha value is -2.40. The van der Waals surface area contributed by atoms with Gasteiger partial charge in [0.1, 0.15) is 11.4 Å². The van der Waals surface area contributed by atoms with E-state index in [9.17, 15) is 15.0 Å². The molecule has 21 heavy (non-hydrogen) atoms. The molecule has 1 atom stereocenters. The fraction of sp³-hybridized carbons (Fsp3) is 0.250. The van der Waals surface area contributed by atoms with Gasteiger partial charge in [-0.05, 0) is 43.2 Å². The number of aromatic nitrogens is 1. The van der Waals surface area contributed by atoms with Gasteiger partial charge < -0.3 is 15.5 Å². The van der Waals surface area contributed by atoms with Gasteiger partial charge in [0.25, 0.3) is 5.91 Å². The molecular formula is C16H18N2O3. The van der Waals surface area contributed by atoms with Crippen LogP contribution >= 0.6 is 0 Å². The highest BCUT2D eigenvalue weighted by atomic mass is 16.3. The lowest BCUT2D eigenvalue weighted by Gasteiger charge is -2.16. The fourth-order valence-corrected chi connectivity index (χ4v) is 2.01. The number of hydrogen-bond acceptors (Lipinski definition) is 4. The van der Waals surface area contributed by atoms with E-state index >= 15 is 0 Å². The Morgan fingerprint density at radius 2 is 1.95 bits per heavy atom. The van der Waals surface area contributed by atoms with Crippen molar-refractivity contribution in [2.24, 2.45) is 0 Å². The highest BCUT2D eigenvalue weighted by Crippen LogP contribution is 2.11. The molecule has 5 heteroatoms. The highest BCUT2D eigenvalue weighted by molar-refractivity contribution is 5.92. The molecule has 0 saturated carbocycles. The lowest BCUT2D eigenvalue weighted by Crippen LogP contribution is -2.39. The summed E-state index contributed by atoms with van der Waals surface area (Å²) < 4.78 is 0. The zero-order chi connectivity index (χ0) is 15.2. The zero-order valence-electron chi connectivity index (χ0n) is 11.8. The van der Waals surface area contributed by atoms with E-state index in [0.29, 0.717) is 12.1 Å². The average molecular weight is 286 g/mol. The number of amides is 1. The number of benzene rings is 1. The van der Waals surface area contributed by atoms with Crippen molar-refractivity contribution in [2.45, 2.75) is 19.4 Å². The number of phenolic OH excluding ortho intramolecular Hbond substituents is 1. The summed E-state index contributed by atoms with van der Waals surface area (Å²) in [7, 11) is 0. The summed E-state index contributed by atoms with van der Waals surface area (Å²) in [6.07, 6.45) is 0.480. The summed E-state index contributed by atoms with van der Waals surface area (Å²) >= 11 is 0. The van der Waals surface area contributed by atoms with Gasteiger partial charge in [0, 0.05) is 5.69 Å². The molecule has 110 valence electrons. The van der Waals surface area contributed by atoms with Gasteiger partial charge in [0.15, 0.2) is 0 Å². The van der Waals surface area contributed by atoms with Crippen LogP contribution in [-0.4, -0.2) is 33.8 Å². The van der Waals surface area contributed by atoms with Gasteiger partial charge >= 0.3 is 0 Å². The van der Waals surface area contributed by atoms with E-state index in [1.54, 1.807) is 36.4 Å². The van der Waals surface area contributed by atoms with Crippen molar-refractivity contribution < 1.29 is 15.0 Å². The van der Waals surface area contributed by atoms with Crippen LogP contribution < -0.4 is 5.32 Å². The first-order valence-corrected chi connectivity index (χ1v) is 6.72. The third kappa shape index (κ3) is 4.29. The van der Waals surface area contributed by atoms with Crippen LogP contribution in [0.4, 0.5) is 0 Å². The highest BCUT2D eigenvalue weighted by Gasteiger charge is 2.14. The third-order valence-electron chi connectivity index (χ3n) is 3.10. The summed E-state index contributed by atoms with van der Waals surface area (Å²) in [6, 6.07) is 11.5. The molecule has 0 saturated heterocycles. The number of aliphatic hydroxyl groups excluding tert-OH is 1. The number of carbonyl (C=O) groups excluding carboxylic acids is 1. The average Bonchev–Trinajstić information content (AvgIpc) is 2.48. The molecular weight excluding hydrogens is 268 g/mol. The maximum absolute atomic E-state index is 12.1. The summed E-state index contributed by atoms with van der Waals surface area (Å²) in [5.41, 5.74) is 2.02. The topological polar surface area (TPSA) is 82.5 Å². The molecule has 0 unspecified atom stereocenters. The number of aromatic hydroxyl groups is 1. The first kappa shape index (κ1) is 15.0. The van der Waals surface area contributed by atoms with Crippen molar-refractivity contribution in [2.75, 3.05) is 6.61 Å². The predicted molar refractivity (Wildman–Crippen MR) is 79.1 cm³/mol. The molecule has 1 heterocycles. The van der Waals surface area contributed by atoms with Gasteiger partial charge in [0.2, 0.25) is 0 Å². The minimum Gasteiger partial charge on any atom is -0.508 e. The Morgan fingerprint density at radius 3 is 2.57 bits per heavy atom. The van der Waals surface area contributed by atoms with Crippen LogP contribution in [0.1, 0.15) is 21.7 Å². The van der Waals surface area contributed by atoms with E-state index < -0.39 is 6.04 Å². The molecule has 0 radical (unpaired) electrons. The van der Waals surface area contributed by atoms with Crippen molar-refractivity contribution in [3.05, 3.63) is 59.4 Å². The summed E-state index contributed by atoms with van der Waals surface area (Å²) in [4.78, 5) is 16.2. The minimum atomic E-state index is -0.399. The first-order valence-electron chi connectivity index (χ1n) is 6.72. The van der Waals surface area contributed by atoms with E-state index in [0.717, 1.165) is 11.3 Å². The number of rotatable bonds is 5. The standard InChI is InChI=1S/C16H18N2O3/c1-11-3-2-4-15(17-11)16(21)18-13(10-19)9-12-5-7-14(20)8-6-12/h2-8,13,19-20H,9-10H2,1H3,(H,18,21)/t13-/m0/s1. The Morgan fingerprint density at radius 1 is 1.24 bits per heavy atom. The number of nitrogens with one attached hydrogen (secondary N) is 1. The third-order valence-corrected chi connectivity index (χ3v) is 3.10. The molecule has 2 aromatic rings. The number of hydrogen-bond donors (Lipinski definition) is 3. The van der Waals surface area contributed by atoms with E-state index in [4.69, 9.17) is 0 Å². The second kappa shape index (κ2) is 6.85. The number of aliphatic hydroxyl groups is 1. The second-order valence-corrected chi connectivity index (χ2v) is 4.89. The van der Waals surface area contributed by atoms with Crippen LogP contribution in [0.2, 0.25) is 0 Å². The number of aryl methyl sites for hydroxylation is 1. The maximum atomic E-state index is 12.1. The van der Waals surface area contributed by atoms with Crippen molar-refractivity contribution >= 4 is 5.91 Å². The van der Waals surface area contributed by atoms with Gasteiger partial charge in [-0.1, -0.05) is 18.2 Å². The first-order chi connectivity index (χ1) is 10.1. The van der Waals surface area contributed by atoms with Gasteiger partial charge in [-0.3, -0.25) is 4.79 Å². The summed E-state index contributed by atoms with van der Waals surface area (Å²) in [5, 5.41) is 21.4. The number of pyridine rings is 1. The number of phenols is 1. The largest absolute Gasteiger partial charge is 0.508 e. The quantitative estimate of drug-likeness (QED) is 0.776. The molecule has 1 amide bonds. The molecule has 0 fully saturated rings. The second-order valence-electron chi connectivity index (χ2n) is 4.89. The molecule has 2 rings (SSSR count). The van der Waals surface area contributed by atoms with Gasteiger partial charge in [-0.25, -0.2) is 4.98 Å². The van der Waals surface area contributed by atoms with Crippen LogP contribution in [-0.2, 0) is 6.42 Å². The summed E-state index contributed by atoms with van der Waals surface area (Å²) in [5.74, 6) is -0.121. The van der Waals surface area contributed by atoms with Crippen LogP contribution in [0.5, 0.6) is 5.75 Å². The van der Waals surface area contributed by atoms with Gasteiger partial charge in [-0.2, -0.15) is 0 Å². The Bertz CT molecular complexity index is 611. The van der Waals surface area contributed by atoms with E-state index in [1.807, 2.05) is 13.0 Å². The normalized spacial score (nSPS) is 11.9. The number of carbonyl (C=O) groups is 1. The molecule has 1 aromatic heterocycles. The zero-order valence-corrected chi connectivity index (χ0v) is 11.8. The molecule has 0 aliphatic heterocycles.